The van der Waals surface area contributed by atoms with Crippen LogP contribution in [-0.2, 0) is 11.2 Å². The Kier molecular flexibility index (Phi) is 4.58. The van der Waals surface area contributed by atoms with Gasteiger partial charge in [0.1, 0.15) is 18.1 Å². The molecular weight excluding hydrogens is 286 g/mol. The highest BCUT2D eigenvalue weighted by molar-refractivity contribution is 7.99. The number of benzene rings is 1. The molecule has 0 saturated carbocycles. The first-order valence-corrected chi connectivity index (χ1v) is 8.59. The van der Waals surface area contributed by atoms with Crippen LogP contribution in [0.15, 0.2) is 18.2 Å². The summed E-state index contributed by atoms with van der Waals surface area (Å²) in [6, 6.07) is 5.84. The molecule has 0 N–H and O–H groups in total. The number of methoxy groups -OCH3 is 1. The molecule has 2 aliphatic rings. The third-order valence-corrected chi connectivity index (χ3v) is 5.11. The van der Waals surface area contributed by atoms with E-state index in [1.165, 1.54) is 0 Å². The first-order chi connectivity index (χ1) is 10.3. The first-order valence-electron chi connectivity index (χ1n) is 7.44. The Morgan fingerprint density at radius 3 is 3.14 bits per heavy atom. The highest BCUT2D eigenvalue weighted by Gasteiger charge is 2.30. The molecular formula is C16H21NO3S. The lowest BCUT2D eigenvalue weighted by molar-refractivity contribution is -0.136. The van der Waals surface area contributed by atoms with Gasteiger partial charge in [0.2, 0.25) is 5.91 Å². The number of ether oxygens (including phenoxy) is 2. The molecule has 2 heterocycles. The lowest BCUT2D eigenvalue weighted by Gasteiger charge is -2.29. The Bertz CT molecular complexity index is 512. The lowest BCUT2D eigenvalue weighted by atomic mass is 9.95. The fourth-order valence-corrected chi connectivity index (χ4v) is 3.75. The first kappa shape index (κ1) is 14.6. The summed E-state index contributed by atoms with van der Waals surface area (Å²) in [5.41, 5.74) is 1.10. The van der Waals surface area contributed by atoms with E-state index in [0.29, 0.717) is 6.61 Å². The molecule has 0 aliphatic carbocycles. The second-order valence-corrected chi connectivity index (χ2v) is 6.70. The molecule has 0 bridgehead atoms. The second kappa shape index (κ2) is 6.60. The van der Waals surface area contributed by atoms with Crippen LogP contribution in [0.25, 0.3) is 0 Å². The van der Waals surface area contributed by atoms with E-state index in [2.05, 4.69) is 0 Å². The van der Waals surface area contributed by atoms with E-state index < -0.39 is 0 Å². The summed E-state index contributed by atoms with van der Waals surface area (Å²) >= 11 is 1.94. The molecule has 1 aromatic carbocycles. The van der Waals surface area contributed by atoms with Gasteiger partial charge in [0.25, 0.3) is 0 Å². The molecule has 21 heavy (non-hydrogen) atoms. The number of carbonyl (C=O) groups is 1. The molecule has 1 aromatic rings. The van der Waals surface area contributed by atoms with Crippen LogP contribution in [0.1, 0.15) is 12.0 Å². The zero-order chi connectivity index (χ0) is 14.7. The standard InChI is InChI=1S/C16H21NO3S/c1-19-14-4-3-12-9-13(11-20-15(12)10-14)16(18)17-5-2-7-21-8-6-17/h3-4,10,13H,2,5-9,11H2,1H3/t13-/m0/s1. The predicted molar refractivity (Wildman–Crippen MR) is 84.2 cm³/mol. The molecule has 0 unspecified atom stereocenters. The van der Waals surface area contributed by atoms with Crippen LogP contribution in [-0.4, -0.2) is 49.1 Å². The van der Waals surface area contributed by atoms with Crippen LogP contribution in [0.3, 0.4) is 0 Å². The van der Waals surface area contributed by atoms with Crippen LogP contribution in [0, 0.1) is 5.92 Å². The smallest absolute Gasteiger partial charge is 0.229 e. The molecule has 0 aromatic heterocycles. The molecule has 114 valence electrons. The van der Waals surface area contributed by atoms with Crippen molar-refractivity contribution in [3.8, 4) is 11.5 Å². The Hall–Kier alpha value is -1.36. The third-order valence-electron chi connectivity index (χ3n) is 4.06. The molecule has 1 atom stereocenters. The average molecular weight is 307 g/mol. The summed E-state index contributed by atoms with van der Waals surface area (Å²) in [5, 5.41) is 0. The van der Waals surface area contributed by atoms with Crippen molar-refractivity contribution in [3.05, 3.63) is 23.8 Å². The van der Waals surface area contributed by atoms with Crippen molar-refractivity contribution in [2.24, 2.45) is 5.92 Å². The van der Waals surface area contributed by atoms with Gasteiger partial charge in [0.05, 0.1) is 13.0 Å². The Balaban J connectivity index is 1.69. The van der Waals surface area contributed by atoms with Crippen molar-refractivity contribution in [3.63, 3.8) is 0 Å². The van der Waals surface area contributed by atoms with E-state index in [1.54, 1.807) is 7.11 Å². The maximum Gasteiger partial charge on any atom is 0.229 e. The maximum absolute atomic E-state index is 12.7. The van der Waals surface area contributed by atoms with E-state index in [4.69, 9.17) is 9.47 Å². The molecule has 3 rings (SSSR count). The average Bonchev–Trinajstić information content (AvgIpc) is 2.82. The van der Waals surface area contributed by atoms with Crippen LogP contribution in [0.4, 0.5) is 0 Å². The zero-order valence-electron chi connectivity index (χ0n) is 12.3. The molecule has 2 aliphatic heterocycles. The Morgan fingerprint density at radius 1 is 1.38 bits per heavy atom. The van der Waals surface area contributed by atoms with E-state index in [0.717, 1.165) is 54.5 Å². The van der Waals surface area contributed by atoms with Gasteiger partial charge in [-0.3, -0.25) is 4.79 Å². The van der Waals surface area contributed by atoms with Gasteiger partial charge in [0.15, 0.2) is 0 Å². The van der Waals surface area contributed by atoms with Crippen LogP contribution >= 0.6 is 11.8 Å². The van der Waals surface area contributed by atoms with Gasteiger partial charge in [0, 0.05) is 24.9 Å². The predicted octanol–water partition coefficient (Wildman–Crippen LogP) is 2.21. The summed E-state index contributed by atoms with van der Waals surface area (Å²) in [6.45, 7) is 2.23. The SMILES string of the molecule is COc1ccc2c(c1)OC[C@@H](C(=O)N1CCCSCC1)C2. The van der Waals surface area contributed by atoms with Crippen LogP contribution in [0.2, 0.25) is 0 Å². The normalized spacial score (nSPS) is 22.0. The molecule has 0 spiro atoms. The number of hydrogen-bond acceptors (Lipinski definition) is 4. The lowest BCUT2D eigenvalue weighted by Crippen LogP contribution is -2.41. The topological polar surface area (TPSA) is 38.8 Å². The summed E-state index contributed by atoms with van der Waals surface area (Å²) in [5.74, 6) is 4.06. The Labute approximate surface area is 129 Å². The second-order valence-electron chi connectivity index (χ2n) is 5.48. The van der Waals surface area contributed by atoms with Gasteiger partial charge in [-0.05, 0) is 30.2 Å². The van der Waals surface area contributed by atoms with Crippen molar-refractivity contribution >= 4 is 17.7 Å². The maximum atomic E-state index is 12.7. The number of thioether (sulfide) groups is 1. The molecule has 1 amide bonds. The minimum Gasteiger partial charge on any atom is -0.497 e. The number of nitrogens with zero attached hydrogens (tertiary/aromatic N) is 1. The highest BCUT2D eigenvalue weighted by Crippen LogP contribution is 2.31. The van der Waals surface area contributed by atoms with E-state index in [9.17, 15) is 4.79 Å². The Morgan fingerprint density at radius 2 is 2.29 bits per heavy atom. The third kappa shape index (κ3) is 3.28. The molecule has 1 fully saturated rings. The van der Waals surface area contributed by atoms with E-state index in [-0.39, 0.29) is 11.8 Å². The van der Waals surface area contributed by atoms with Crippen molar-refractivity contribution in [1.82, 2.24) is 4.90 Å². The largest absolute Gasteiger partial charge is 0.497 e. The minimum atomic E-state index is -0.0472. The van der Waals surface area contributed by atoms with Crippen LogP contribution in [0.5, 0.6) is 11.5 Å². The zero-order valence-corrected chi connectivity index (χ0v) is 13.2. The van der Waals surface area contributed by atoms with Gasteiger partial charge in [-0.2, -0.15) is 11.8 Å². The van der Waals surface area contributed by atoms with Crippen molar-refractivity contribution in [2.75, 3.05) is 38.3 Å². The molecule has 1 saturated heterocycles. The molecule has 5 heteroatoms. The number of rotatable bonds is 2. The van der Waals surface area contributed by atoms with Gasteiger partial charge in [-0.15, -0.1) is 0 Å². The number of hydrogen-bond donors (Lipinski definition) is 0. The number of carbonyl (C=O) groups excluding carboxylic acids is 1. The molecule has 4 nitrogen and oxygen atoms in total. The number of fused-ring (bicyclic) bond motifs is 1. The van der Waals surface area contributed by atoms with Crippen molar-refractivity contribution in [2.45, 2.75) is 12.8 Å². The van der Waals surface area contributed by atoms with Crippen molar-refractivity contribution in [1.29, 1.82) is 0 Å². The summed E-state index contributed by atoms with van der Waals surface area (Å²) in [7, 11) is 1.65. The van der Waals surface area contributed by atoms with E-state index in [1.807, 2.05) is 34.9 Å². The summed E-state index contributed by atoms with van der Waals surface area (Å²) in [4.78, 5) is 14.7. The quantitative estimate of drug-likeness (QED) is 0.840. The molecule has 0 radical (unpaired) electrons. The number of amides is 1. The van der Waals surface area contributed by atoms with Crippen LogP contribution < -0.4 is 9.47 Å². The van der Waals surface area contributed by atoms with Gasteiger partial charge in [-0.1, -0.05) is 6.07 Å². The van der Waals surface area contributed by atoms with Crippen molar-refractivity contribution < 1.29 is 14.3 Å². The minimum absolute atomic E-state index is 0.0472. The fraction of sp³-hybridized carbons (Fsp3) is 0.562. The summed E-state index contributed by atoms with van der Waals surface area (Å²) in [6.07, 6.45) is 1.86. The van der Waals surface area contributed by atoms with Gasteiger partial charge >= 0.3 is 0 Å². The highest BCUT2D eigenvalue weighted by atomic mass is 32.2. The monoisotopic (exact) mass is 307 g/mol. The fourth-order valence-electron chi connectivity index (χ4n) is 2.86. The van der Waals surface area contributed by atoms with Gasteiger partial charge in [-0.25, -0.2) is 0 Å². The van der Waals surface area contributed by atoms with E-state index >= 15 is 0 Å². The summed E-state index contributed by atoms with van der Waals surface area (Å²) < 4.78 is 11.0. The van der Waals surface area contributed by atoms with Gasteiger partial charge < -0.3 is 14.4 Å².